The molecule has 5 N–H and O–H groups in total. The van der Waals surface area contributed by atoms with Gasteiger partial charge in [0.2, 0.25) is 10.0 Å². The van der Waals surface area contributed by atoms with Gasteiger partial charge in [0.25, 0.3) is 0 Å². The van der Waals surface area contributed by atoms with Crippen molar-refractivity contribution in [3.05, 3.63) is 18.2 Å². The molecule has 0 aromatic heterocycles. The largest absolute Gasteiger partial charge is 0.399 e. The molecule has 0 saturated carbocycles. The van der Waals surface area contributed by atoms with Gasteiger partial charge in [-0.05, 0) is 24.6 Å². The summed E-state index contributed by atoms with van der Waals surface area (Å²) >= 11 is 0. The molecule has 1 aromatic rings. The topological polar surface area (TPSA) is 110 Å². The first kappa shape index (κ1) is 15.7. The minimum Gasteiger partial charge on any atom is -0.399 e. The lowest BCUT2D eigenvalue weighted by atomic mass is 10.2. The third kappa shape index (κ3) is 4.70. The van der Waals surface area contributed by atoms with Gasteiger partial charge in [0.1, 0.15) is 0 Å². The number of benzene rings is 1. The van der Waals surface area contributed by atoms with E-state index in [2.05, 4.69) is 6.92 Å². The van der Waals surface area contributed by atoms with E-state index in [0.29, 0.717) is 17.9 Å². The number of nitrogens with zero attached hydrogens (tertiary/aromatic N) is 1. The number of primary sulfonamides is 1. The Kier molecular flexibility index (Phi) is 5.59. The molecule has 1 rings (SSSR count). The van der Waals surface area contributed by atoms with Crippen LogP contribution in [-0.2, 0) is 10.0 Å². The Morgan fingerprint density at radius 2 is 1.95 bits per heavy atom. The normalized spacial score (nSPS) is 11.5. The predicted molar refractivity (Wildman–Crippen MR) is 76.4 cm³/mol. The predicted octanol–water partition coefficient (Wildman–Crippen LogP) is 0.515. The van der Waals surface area contributed by atoms with Crippen LogP contribution in [0, 0.1) is 0 Å². The SMILES string of the molecule is CCCCN(CCO)c1cc(N)cc(S(N)(=O)=O)c1. The van der Waals surface area contributed by atoms with E-state index in [-0.39, 0.29) is 11.5 Å². The molecule has 0 unspecified atom stereocenters. The smallest absolute Gasteiger partial charge is 0.238 e. The highest BCUT2D eigenvalue weighted by Gasteiger charge is 2.13. The Labute approximate surface area is 114 Å². The van der Waals surface area contributed by atoms with E-state index >= 15 is 0 Å². The van der Waals surface area contributed by atoms with Crippen molar-refractivity contribution in [3.8, 4) is 0 Å². The maximum Gasteiger partial charge on any atom is 0.238 e. The molecule has 0 atom stereocenters. The number of hydrogen-bond acceptors (Lipinski definition) is 5. The highest BCUT2D eigenvalue weighted by atomic mass is 32.2. The number of anilines is 2. The van der Waals surface area contributed by atoms with E-state index < -0.39 is 10.0 Å². The zero-order valence-electron chi connectivity index (χ0n) is 11.0. The Hall–Kier alpha value is -1.31. The molecule has 0 aliphatic heterocycles. The van der Waals surface area contributed by atoms with Crippen LogP contribution in [0.2, 0.25) is 0 Å². The minimum atomic E-state index is -3.79. The van der Waals surface area contributed by atoms with E-state index in [4.69, 9.17) is 16.0 Å². The fourth-order valence-corrected chi connectivity index (χ4v) is 2.38. The molecule has 7 heteroatoms. The van der Waals surface area contributed by atoms with E-state index in [1.807, 2.05) is 4.90 Å². The third-order valence-electron chi connectivity index (χ3n) is 2.76. The van der Waals surface area contributed by atoms with Crippen LogP contribution < -0.4 is 15.8 Å². The molecule has 19 heavy (non-hydrogen) atoms. The second kappa shape index (κ2) is 6.74. The van der Waals surface area contributed by atoms with Gasteiger partial charge in [0.05, 0.1) is 11.5 Å². The average molecular weight is 287 g/mol. The van der Waals surface area contributed by atoms with Crippen molar-refractivity contribution in [3.63, 3.8) is 0 Å². The lowest BCUT2D eigenvalue weighted by Crippen LogP contribution is -2.28. The quantitative estimate of drug-likeness (QED) is 0.633. The molecule has 0 spiro atoms. The number of aliphatic hydroxyl groups is 1. The van der Waals surface area contributed by atoms with E-state index in [9.17, 15) is 8.42 Å². The number of hydrogen-bond donors (Lipinski definition) is 3. The van der Waals surface area contributed by atoms with Crippen molar-refractivity contribution in [2.45, 2.75) is 24.7 Å². The first-order valence-corrected chi connectivity index (χ1v) is 7.72. The van der Waals surface area contributed by atoms with Gasteiger partial charge in [-0.2, -0.15) is 0 Å². The van der Waals surface area contributed by atoms with Crippen molar-refractivity contribution >= 4 is 21.4 Å². The van der Waals surface area contributed by atoms with E-state index in [0.717, 1.165) is 19.4 Å². The number of aliphatic hydroxyl groups excluding tert-OH is 1. The molecule has 0 amide bonds. The van der Waals surface area contributed by atoms with Crippen LogP contribution in [0.5, 0.6) is 0 Å². The third-order valence-corrected chi connectivity index (χ3v) is 3.65. The van der Waals surface area contributed by atoms with Crippen LogP contribution in [0.15, 0.2) is 23.1 Å². The maximum atomic E-state index is 11.4. The van der Waals surface area contributed by atoms with Gasteiger partial charge < -0.3 is 15.7 Å². The van der Waals surface area contributed by atoms with Crippen molar-refractivity contribution in [1.82, 2.24) is 0 Å². The summed E-state index contributed by atoms with van der Waals surface area (Å²) in [4.78, 5) is 1.89. The molecule has 0 fully saturated rings. The molecule has 6 nitrogen and oxygen atoms in total. The summed E-state index contributed by atoms with van der Waals surface area (Å²) in [6, 6.07) is 4.49. The summed E-state index contributed by atoms with van der Waals surface area (Å²) in [5.41, 5.74) is 6.70. The van der Waals surface area contributed by atoms with Crippen LogP contribution in [0.4, 0.5) is 11.4 Å². The summed E-state index contributed by atoms with van der Waals surface area (Å²) < 4.78 is 22.8. The first-order chi connectivity index (χ1) is 8.88. The van der Waals surface area contributed by atoms with Gasteiger partial charge in [-0.1, -0.05) is 13.3 Å². The Balaban J connectivity index is 3.12. The van der Waals surface area contributed by atoms with Gasteiger partial charge in [-0.25, -0.2) is 13.6 Å². The monoisotopic (exact) mass is 287 g/mol. The van der Waals surface area contributed by atoms with Crippen molar-refractivity contribution < 1.29 is 13.5 Å². The fraction of sp³-hybridized carbons (Fsp3) is 0.500. The standard InChI is InChI=1S/C12H21N3O3S/c1-2-3-4-15(5-6-16)11-7-10(13)8-12(9-11)19(14,17)18/h7-9,16H,2-6,13H2,1H3,(H2,14,17,18). The molecular weight excluding hydrogens is 266 g/mol. The maximum absolute atomic E-state index is 11.4. The summed E-state index contributed by atoms with van der Waals surface area (Å²) in [6.07, 6.45) is 1.95. The van der Waals surface area contributed by atoms with Gasteiger partial charge in [-0.15, -0.1) is 0 Å². The molecule has 0 heterocycles. The molecule has 0 aliphatic rings. The number of sulfonamides is 1. The summed E-state index contributed by atoms with van der Waals surface area (Å²) in [5.74, 6) is 0. The lowest BCUT2D eigenvalue weighted by molar-refractivity contribution is 0.301. The fourth-order valence-electron chi connectivity index (χ4n) is 1.79. The second-order valence-electron chi connectivity index (χ2n) is 4.37. The summed E-state index contributed by atoms with van der Waals surface area (Å²) in [5, 5.41) is 14.2. The first-order valence-electron chi connectivity index (χ1n) is 6.17. The van der Waals surface area contributed by atoms with Crippen molar-refractivity contribution in [2.24, 2.45) is 5.14 Å². The molecule has 0 aliphatic carbocycles. The molecule has 0 bridgehead atoms. The van der Waals surface area contributed by atoms with Crippen LogP contribution in [-0.4, -0.2) is 33.2 Å². The van der Waals surface area contributed by atoms with Crippen LogP contribution in [0.3, 0.4) is 0 Å². The number of nitrogens with two attached hydrogens (primary N) is 2. The Morgan fingerprint density at radius 3 is 2.47 bits per heavy atom. The molecule has 0 saturated heterocycles. The van der Waals surface area contributed by atoms with Crippen LogP contribution >= 0.6 is 0 Å². The van der Waals surface area contributed by atoms with Crippen LogP contribution in [0.25, 0.3) is 0 Å². The number of rotatable bonds is 7. The van der Waals surface area contributed by atoms with Crippen molar-refractivity contribution in [1.29, 1.82) is 0 Å². The van der Waals surface area contributed by atoms with E-state index in [1.165, 1.54) is 12.1 Å². The Bertz CT molecular complexity index is 517. The van der Waals surface area contributed by atoms with Gasteiger partial charge in [0, 0.05) is 24.5 Å². The highest BCUT2D eigenvalue weighted by Crippen LogP contribution is 2.23. The zero-order chi connectivity index (χ0) is 14.5. The molecule has 108 valence electrons. The van der Waals surface area contributed by atoms with Gasteiger partial charge in [-0.3, -0.25) is 0 Å². The number of unbranched alkanes of at least 4 members (excludes halogenated alkanes) is 1. The summed E-state index contributed by atoms with van der Waals surface area (Å²) in [7, 11) is -3.79. The molecule has 1 aromatic carbocycles. The van der Waals surface area contributed by atoms with Gasteiger partial charge >= 0.3 is 0 Å². The number of nitrogen functional groups attached to an aromatic ring is 1. The van der Waals surface area contributed by atoms with E-state index in [1.54, 1.807) is 6.07 Å². The Morgan fingerprint density at radius 1 is 1.26 bits per heavy atom. The second-order valence-corrected chi connectivity index (χ2v) is 5.93. The minimum absolute atomic E-state index is 0.0107. The summed E-state index contributed by atoms with van der Waals surface area (Å²) in [6.45, 7) is 3.20. The van der Waals surface area contributed by atoms with Crippen LogP contribution in [0.1, 0.15) is 19.8 Å². The van der Waals surface area contributed by atoms with Crippen molar-refractivity contribution in [2.75, 3.05) is 30.3 Å². The lowest BCUT2D eigenvalue weighted by Gasteiger charge is -2.24. The van der Waals surface area contributed by atoms with Gasteiger partial charge in [0.15, 0.2) is 0 Å². The zero-order valence-corrected chi connectivity index (χ0v) is 11.9. The molecular formula is C12H21N3O3S. The highest BCUT2D eigenvalue weighted by molar-refractivity contribution is 7.89. The molecule has 0 radical (unpaired) electrons. The average Bonchev–Trinajstić information content (AvgIpc) is 2.32.